The fourth-order valence-electron chi connectivity index (χ4n) is 2.67. The Kier molecular flexibility index (Phi) is 4.57. The fraction of sp³-hybridized carbons (Fsp3) is 0.294. The summed E-state index contributed by atoms with van der Waals surface area (Å²) in [4.78, 5) is 5.42. The van der Waals surface area contributed by atoms with E-state index in [1.54, 1.807) is 0 Å². The van der Waals surface area contributed by atoms with E-state index in [1.165, 1.54) is 4.47 Å². The van der Waals surface area contributed by atoms with Gasteiger partial charge in [-0.15, -0.1) is 0 Å². The summed E-state index contributed by atoms with van der Waals surface area (Å²) in [5.41, 5.74) is 1.99. The highest BCUT2D eigenvalue weighted by Crippen LogP contribution is 2.32. The van der Waals surface area contributed by atoms with Gasteiger partial charge in [-0.25, -0.2) is 8.42 Å². The molecule has 1 heterocycles. The van der Waals surface area contributed by atoms with Crippen molar-refractivity contribution in [1.29, 1.82) is 0 Å². The molecule has 0 saturated carbocycles. The van der Waals surface area contributed by atoms with Gasteiger partial charge >= 0.3 is 0 Å². The number of hydroxylamine groups is 1. The van der Waals surface area contributed by atoms with Gasteiger partial charge in [0.05, 0.1) is 18.4 Å². The lowest BCUT2D eigenvalue weighted by atomic mass is 10.1. The van der Waals surface area contributed by atoms with Crippen LogP contribution in [0.4, 0.5) is 0 Å². The lowest BCUT2D eigenvalue weighted by molar-refractivity contribution is -0.0498. The average Bonchev–Trinajstić information content (AvgIpc) is 3.06. The van der Waals surface area contributed by atoms with Crippen molar-refractivity contribution < 1.29 is 13.3 Å². The van der Waals surface area contributed by atoms with Crippen LogP contribution in [0, 0.1) is 0 Å². The number of benzene rings is 2. The van der Waals surface area contributed by atoms with E-state index >= 15 is 0 Å². The maximum Gasteiger partial charge on any atom is 0.236 e. The molecule has 1 atom stereocenters. The second-order valence-corrected chi connectivity index (χ2v) is 7.29. The Labute approximate surface area is 131 Å². The molecule has 1 saturated heterocycles. The van der Waals surface area contributed by atoms with E-state index < -0.39 is 10.0 Å². The van der Waals surface area contributed by atoms with E-state index in [-0.39, 0.29) is 11.8 Å². The van der Waals surface area contributed by atoms with Crippen molar-refractivity contribution in [1.82, 2.24) is 4.47 Å². The zero-order valence-corrected chi connectivity index (χ0v) is 13.1. The summed E-state index contributed by atoms with van der Waals surface area (Å²) in [7, 11) is -3.44. The molecule has 1 fully saturated rings. The van der Waals surface area contributed by atoms with Gasteiger partial charge in [0.2, 0.25) is 10.0 Å². The van der Waals surface area contributed by atoms with Crippen molar-refractivity contribution in [2.75, 3.05) is 12.4 Å². The maximum atomic E-state index is 12.6. The van der Waals surface area contributed by atoms with Gasteiger partial charge in [0.25, 0.3) is 0 Å². The van der Waals surface area contributed by atoms with Gasteiger partial charge in [-0.3, -0.25) is 4.84 Å². The number of rotatable bonds is 5. The highest BCUT2D eigenvalue weighted by atomic mass is 32.2. The van der Waals surface area contributed by atoms with E-state index in [9.17, 15) is 8.42 Å². The topological polar surface area (TPSA) is 46.6 Å². The summed E-state index contributed by atoms with van der Waals surface area (Å²) in [6, 6.07) is 19.1. The zero-order valence-electron chi connectivity index (χ0n) is 12.3. The summed E-state index contributed by atoms with van der Waals surface area (Å²) in [5, 5.41) is 0. The van der Waals surface area contributed by atoms with Crippen LogP contribution in [0.1, 0.15) is 23.6 Å². The molecule has 0 N–H and O–H groups in total. The van der Waals surface area contributed by atoms with Crippen molar-refractivity contribution in [2.45, 2.75) is 18.9 Å². The van der Waals surface area contributed by atoms with Crippen molar-refractivity contribution in [3.8, 4) is 0 Å². The van der Waals surface area contributed by atoms with Crippen LogP contribution < -0.4 is 0 Å². The minimum atomic E-state index is -3.44. The molecule has 2 aromatic carbocycles. The minimum Gasteiger partial charge on any atom is -0.284 e. The Balaban J connectivity index is 1.73. The first-order chi connectivity index (χ1) is 10.7. The predicted molar refractivity (Wildman–Crippen MR) is 85.5 cm³/mol. The molecule has 0 aliphatic carbocycles. The maximum absolute atomic E-state index is 12.6. The smallest absolute Gasteiger partial charge is 0.236 e. The van der Waals surface area contributed by atoms with Crippen LogP contribution in [-0.2, 0) is 21.3 Å². The van der Waals surface area contributed by atoms with Crippen molar-refractivity contribution >= 4 is 10.0 Å². The van der Waals surface area contributed by atoms with Crippen LogP contribution in [-0.4, -0.2) is 25.2 Å². The number of sulfonamides is 1. The summed E-state index contributed by atoms with van der Waals surface area (Å²) in [5.74, 6) is 0.0559. The van der Waals surface area contributed by atoms with Crippen molar-refractivity contribution in [2.24, 2.45) is 0 Å². The Morgan fingerprint density at radius 2 is 1.64 bits per heavy atom. The summed E-state index contributed by atoms with van der Waals surface area (Å²) < 4.78 is 26.4. The lowest BCUT2D eigenvalue weighted by Crippen LogP contribution is -2.32. The molecular weight excluding hydrogens is 298 g/mol. The van der Waals surface area contributed by atoms with Gasteiger partial charge < -0.3 is 0 Å². The molecule has 2 aromatic rings. The second kappa shape index (κ2) is 6.60. The molecule has 5 heteroatoms. The third kappa shape index (κ3) is 3.38. The molecule has 0 radical (unpaired) electrons. The standard InChI is InChI=1S/C17H19NO3S/c19-22(20,14-12-15-7-3-1-4-8-15)18-17(11-13-21-18)16-9-5-2-6-10-16/h1-10,17H,11-14H2/t17-/m0/s1. The van der Waals surface area contributed by atoms with Gasteiger partial charge in [-0.05, 0) is 24.0 Å². The third-order valence-corrected chi connectivity index (χ3v) is 5.44. The first-order valence-corrected chi connectivity index (χ1v) is 9.02. The van der Waals surface area contributed by atoms with Crippen LogP contribution in [0.5, 0.6) is 0 Å². The van der Waals surface area contributed by atoms with Gasteiger partial charge in [-0.1, -0.05) is 65.1 Å². The Bertz CT molecular complexity index is 701. The van der Waals surface area contributed by atoms with E-state index in [0.29, 0.717) is 19.4 Å². The van der Waals surface area contributed by atoms with Crippen molar-refractivity contribution in [3.63, 3.8) is 0 Å². The lowest BCUT2D eigenvalue weighted by Gasteiger charge is -2.22. The SMILES string of the molecule is O=S(=O)(CCc1ccccc1)N1OCC[C@H]1c1ccccc1. The van der Waals surface area contributed by atoms with E-state index in [1.807, 2.05) is 60.7 Å². The number of aryl methyl sites for hydroxylation is 1. The molecule has 0 bridgehead atoms. The fourth-order valence-corrected chi connectivity index (χ4v) is 4.19. The monoisotopic (exact) mass is 317 g/mol. The summed E-state index contributed by atoms with van der Waals surface area (Å²) in [6.45, 7) is 0.435. The van der Waals surface area contributed by atoms with Crippen LogP contribution in [0.25, 0.3) is 0 Å². The number of hydrogen-bond acceptors (Lipinski definition) is 3. The van der Waals surface area contributed by atoms with Gasteiger partial charge in [-0.2, -0.15) is 0 Å². The highest BCUT2D eigenvalue weighted by molar-refractivity contribution is 7.88. The molecule has 1 aliphatic rings. The van der Waals surface area contributed by atoms with Crippen LogP contribution in [0.3, 0.4) is 0 Å². The first-order valence-electron chi connectivity index (χ1n) is 7.41. The third-order valence-electron chi connectivity index (χ3n) is 3.81. The van der Waals surface area contributed by atoms with Crippen LogP contribution in [0.2, 0.25) is 0 Å². The molecule has 22 heavy (non-hydrogen) atoms. The Hall–Kier alpha value is -1.69. The summed E-state index contributed by atoms with van der Waals surface area (Å²) in [6.07, 6.45) is 1.18. The van der Waals surface area contributed by atoms with Gasteiger partial charge in [0.1, 0.15) is 0 Å². The minimum absolute atomic E-state index is 0.0559. The molecular formula is C17H19NO3S. The second-order valence-electron chi connectivity index (χ2n) is 5.36. The Morgan fingerprint density at radius 1 is 1.00 bits per heavy atom. The highest BCUT2D eigenvalue weighted by Gasteiger charge is 2.36. The normalized spacial score (nSPS) is 19.4. The number of nitrogens with zero attached hydrogens (tertiary/aromatic N) is 1. The van der Waals surface area contributed by atoms with E-state index in [0.717, 1.165) is 11.1 Å². The molecule has 1 aliphatic heterocycles. The van der Waals surface area contributed by atoms with E-state index in [4.69, 9.17) is 4.84 Å². The van der Waals surface area contributed by atoms with E-state index in [2.05, 4.69) is 0 Å². The molecule has 116 valence electrons. The summed E-state index contributed by atoms with van der Waals surface area (Å²) >= 11 is 0. The first kappa shape index (κ1) is 15.2. The number of hydrogen-bond donors (Lipinski definition) is 0. The molecule has 3 rings (SSSR count). The van der Waals surface area contributed by atoms with Crippen LogP contribution >= 0.6 is 0 Å². The molecule has 0 aromatic heterocycles. The van der Waals surface area contributed by atoms with Gasteiger partial charge in [0.15, 0.2) is 0 Å². The van der Waals surface area contributed by atoms with Gasteiger partial charge in [0, 0.05) is 0 Å². The Morgan fingerprint density at radius 3 is 2.32 bits per heavy atom. The molecule has 4 nitrogen and oxygen atoms in total. The molecule has 0 spiro atoms. The largest absolute Gasteiger partial charge is 0.284 e. The zero-order chi connectivity index (χ0) is 15.4. The molecule has 0 amide bonds. The average molecular weight is 317 g/mol. The molecule has 0 unspecified atom stereocenters. The predicted octanol–water partition coefficient (Wildman–Crippen LogP) is 2.94. The van der Waals surface area contributed by atoms with Crippen molar-refractivity contribution in [3.05, 3.63) is 71.8 Å². The van der Waals surface area contributed by atoms with Crippen LogP contribution in [0.15, 0.2) is 60.7 Å². The quantitative estimate of drug-likeness (QED) is 0.852.